The van der Waals surface area contributed by atoms with Gasteiger partial charge in [-0.25, -0.2) is 4.39 Å². The van der Waals surface area contributed by atoms with Crippen molar-refractivity contribution in [3.8, 4) is 0 Å². The monoisotopic (exact) mass is 304 g/mol. The summed E-state index contributed by atoms with van der Waals surface area (Å²) >= 11 is 0. The molecule has 0 saturated heterocycles. The minimum Gasteiger partial charge on any atom is -0.352 e. The van der Waals surface area contributed by atoms with E-state index in [4.69, 9.17) is 5.53 Å². The van der Waals surface area contributed by atoms with Crippen LogP contribution in [0.3, 0.4) is 0 Å². The summed E-state index contributed by atoms with van der Waals surface area (Å²) in [5, 5.41) is 5.71. The van der Waals surface area contributed by atoms with Crippen molar-refractivity contribution in [3.63, 3.8) is 0 Å². The molecule has 0 heterocycles. The number of carbonyl (C=O) groups is 1. The van der Waals surface area contributed by atoms with Crippen LogP contribution in [0.15, 0.2) is 23.3 Å². The lowest BCUT2D eigenvalue weighted by Gasteiger charge is -2.10. The average molecular weight is 304 g/mol. The third-order valence-electron chi connectivity index (χ3n) is 2.57. The first-order valence-corrected chi connectivity index (χ1v) is 6.02. The fourth-order valence-corrected chi connectivity index (χ4v) is 1.54. The second-order valence-electron chi connectivity index (χ2n) is 4.11. The SMILES string of the molecule is [N-]=[N+]=NCCCCNC(=O)c1ccc(F)c(C(F)(F)F)c1. The van der Waals surface area contributed by atoms with Gasteiger partial charge in [0.2, 0.25) is 0 Å². The number of nitrogens with one attached hydrogen (secondary N) is 1. The summed E-state index contributed by atoms with van der Waals surface area (Å²) in [4.78, 5) is 14.2. The van der Waals surface area contributed by atoms with E-state index >= 15 is 0 Å². The van der Waals surface area contributed by atoms with E-state index in [2.05, 4.69) is 15.3 Å². The molecule has 21 heavy (non-hydrogen) atoms. The quantitative estimate of drug-likeness (QED) is 0.281. The number of amides is 1. The highest BCUT2D eigenvalue weighted by Gasteiger charge is 2.34. The van der Waals surface area contributed by atoms with Gasteiger partial charge in [0, 0.05) is 23.6 Å². The van der Waals surface area contributed by atoms with Crippen molar-refractivity contribution in [2.75, 3.05) is 13.1 Å². The molecule has 1 aromatic rings. The molecule has 1 rings (SSSR count). The van der Waals surface area contributed by atoms with Crippen LogP contribution in [-0.4, -0.2) is 19.0 Å². The van der Waals surface area contributed by atoms with Gasteiger partial charge in [-0.1, -0.05) is 5.11 Å². The molecule has 0 spiro atoms. The number of hydrogen-bond acceptors (Lipinski definition) is 2. The maximum absolute atomic E-state index is 13.1. The van der Waals surface area contributed by atoms with Gasteiger partial charge in [-0.15, -0.1) is 0 Å². The van der Waals surface area contributed by atoms with E-state index in [1.54, 1.807) is 0 Å². The van der Waals surface area contributed by atoms with Crippen molar-refractivity contribution in [1.29, 1.82) is 0 Å². The maximum Gasteiger partial charge on any atom is 0.419 e. The number of unbranched alkanes of at least 4 members (excludes halogenated alkanes) is 1. The van der Waals surface area contributed by atoms with Crippen LogP contribution in [0.25, 0.3) is 10.4 Å². The molecule has 1 N–H and O–H groups in total. The second kappa shape index (κ2) is 7.49. The zero-order valence-corrected chi connectivity index (χ0v) is 10.8. The molecule has 0 aliphatic heterocycles. The molecule has 0 radical (unpaired) electrons. The molecular weight excluding hydrogens is 292 g/mol. The summed E-state index contributed by atoms with van der Waals surface area (Å²) in [5.41, 5.74) is 6.30. The number of halogens is 4. The van der Waals surface area contributed by atoms with E-state index in [-0.39, 0.29) is 18.7 Å². The Balaban J connectivity index is 2.61. The number of hydrogen-bond donors (Lipinski definition) is 1. The van der Waals surface area contributed by atoms with Gasteiger partial charge in [0.1, 0.15) is 5.82 Å². The van der Waals surface area contributed by atoms with Gasteiger partial charge < -0.3 is 5.32 Å². The summed E-state index contributed by atoms with van der Waals surface area (Å²) in [7, 11) is 0. The number of carbonyl (C=O) groups excluding carboxylic acids is 1. The van der Waals surface area contributed by atoms with Crippen LogP contribution in [0.1, 0.15) is 28.8 Å². The van der Waals surface area contributed by atoms with Crippen LogP contribution in [0.4, 0.5) is 17.6 Å². The molecule has 0 aliphatic rings. The molecule has 0 saturated carbocycles. The first-order chi connectivity index (χ1) is 9.86. The van der Waals surface area contributed by atoms with E-state index in [0.717, 1.165) is 6.07 Å². The molecule has 0 unspecified atom stereocenters. The Morgan fingerprint density at radius 1 is 1.33 bits per heavy atom. The van der Waals surface area contributed by atoms with Crippen molar-refractivity contribution in [1.82, 2.24) is 5.32 Å². The standard InChI is InChI=1S/C12H12F4N4O/c13-10-4-3-8(7-9(10)12(14,15)16)11(21)18-5-1-2-6-19-20-17/h3-4,7H,1-2,5-6H2,(H,18,21). The smallest absolute Gasteiger partial charge is 0.352 e. The van der Waals surface area contributed by atoms with E-state index in [0.29, 0.717) is 25.0 Å². The summed E-state index contributed by atoms with van der Waals surface area (Å²) in [5.74, 6) is -2.14. The molecule has 5 nitrogen and oxygen atoms in total. The lowest BCUT2D eigenvalue weighted by Crippen LogP contribution is -2.25. The highest BCUT2D eigenvalue weighted by atomic mass is 19.4. The van der Waals surface area contributed by atoms with Gasteiger partial charge in [0.25, 0.3) is 5.91 Å². The molecule has 0 aromatic heterocycles. The molecule has 0 bridgehead atoms. The van der Waals surface area contributed by atoms with Crippen molar-refractivity contribution in [2.24, 2.45) is 5.11 Å². The minimum atomic E-state index is -4.85. The molecule has 9 heteroatoms. The summed E-state index contributed by atoms with van der Waals surface area (Å²) in [6, 6.07) is 2.07. The van der Waals surface area contributed by atoms with E-state index < -0.39 is 23.5 Å². The zero-order chi connectivity index (χ0) is 15.9. The predicted octanol–water partition coefficient (Wildman–Crippen LogP) is 3.66. The number of nitrogens with zero attached hydrogens (tertiary/aromatic N) is 3. The van der Waals surface area contributed by atoms with E-state index in [1.807, 2.05) is 0 Å². The third-order valence-corrected chi connectivity index (χ3v) is 2.57. The van der Waals surface area contributed by atoms with Crippen LogP contribution in [-0.2, 0) is 6.18 Å². The van der Waals surface area contributed by atoms with Gasteiger partial charge in [-0.3, -0.25) is 4.79 Å². The Morgan fingerprint density at radius 2 is 2.05 bits per heavy atom. The highest BCUT2D eigenvalue weighted by Crippen LogP contribution is 2.31. The Morgan fingerprint density at radius 3 is 2.67 bits per heavy atom. The average Bonchev–Trinajstić information content (AvgIpc) is 2.41. The summed E-state index contributed by atoms with van der Waals surface area (Å²) < 4.78 is 50.6. The second-order valence-corrected chi connectivity index (χ2v) is 4.11. The van der Waals surface area contributed by atoms with Crippen LogP contribution < -0.4 is 5.32 Å². The topological polar surface area (TPSA) is 77.9 Å². The molecule has 114 valence electrons. The van der Waals surface area contributed by atoms with Crippen LogP contribution in [0.2, 0.25) is 0 Å². The van der Waals surface area contributed by atoms with E-state index in [1.165, 1.54) is 0 Å². The number of benzene rings is 1. The van der Waals surface area contributed by atoms with Gasteiger partial charge in [-0.05, 0) is 36.6 Å². The molecule has 1 amide bonds. The molecule has 1 aromatic carbocycles. The minimum absolute atomic E-state index is 0.221. The normalized spacial score (nSPS) is 10.9. The van der Waals surface area contributed by atoms with E-state index in [9.17, 15) is 22.4 Å². The lowest BCUT2D eigenvalue weighted by atomic mass is 10.1. The Kier molecular flexibility index (Phi) is 5.98. The largest absolute Gasteiger partial charge is 0.419 e. The number of azide groups is 1. The zero-order valence-electron chi connectivity index (χ0n) is 10.8. The third kappa shape index (κ3) is 5.31. The van der Waals surface area contributed by atoms with Crippen molar-refractivity contribution in [2.45, 2.75) is 19.0 Å². The van der Waals surface area contributed by atoms with Gasteiger partial charge >= 0.3 is 6.18 Å². The van der Waals surface area contributed by atoms with Crippen LogP contribution in [0.5, 0.6) is 0 Å². The Labute approximate surface area is 117 Å². The highest BCUT2D eigenvalue weighted by molar-refractivity contribution is 5.94. The fourth-order valence-electron chi connectivity index (χ4n) is 1.54. The first kappa shape index (κ1) is 16.8. The number of alkyl halides is 3. The van der Waals surface area contributed by atoms with Crippen molar-refractivity contribution in [3.05, 3.63) is 45.6 Å². The molecule has 0 fully saturated rings. The van der Waals surface area contributed by atoms with Gasteiger partial charge in [0.05, 0.1) is 5.56 Å². The van der Waals surface area contributed by atoms with Crippen LogP contribution >= 0.6 is 0 Å². The molecule has 0 atom stereocenters. The molecular formula is C12H12F4N4O. The predicted molar refractivity (Wildman–Crippen MR) is 67.0 cm³/mol. The summed E-state index contributed by atoms with van der Waals surface area (Å²) in [6.07, 6.45) is -3.80. The fraction of sp³-hybridized carbons (Fsp3) is 0.417. The van der Waals surface area contributed by atoms with Crippen molar-refractivity contribution >= 4 is 5.91 Å². The van der Waals surface area contributed by atoms with Gasteiger partial charge in [-0.2, -0.15) is 13.2 Å². The maximum atomic E-state index is 13.1. The Hall–Kier alpha value is -2.28. The first-order valence-electron chi connectivity index (χ1n) is 6.02. The van der Waals surface area contributed by atoms with Crippen molar-refractivity contribution < 1.29 is 22.4 Å². The van der Waals surface area contributed by atoms with Crippen LogP contribution in [0, 0.1) is 5.82 Å². The van der Waals surface area contributed by atoms with Gasteiger partial charge in [0.15, 0.2) is 0 Å². The Bertz CT molecular complexity index is 553. The summed E-state index contributed by atoms with van der Waals surface area (Å²) in [6.45, 7) is 0.500. The number of rotatable bonds is 6. The molecule has 0 aliphatic carbocycles. The lowest BCUT2D eigenvalue weighted by molar-refractivity contribution is -0.140.